The molecule has 2 bridgehead atoms. The molecule has 0 radical (unpaired) electrons. The molecule has 0 amide bonds. The van der Waals surface area contributed by atoms with Gasteiger partial charge in [-0.15, -0.1) is 0 Å². The van der Waals surface area contributed by atoms with Gasteiger partial charge >= 0.3 is 0 Å². The third-order valence-electron chi connectivity index (χ3n) is 6.93. The number of alkyl halides is 2. The van der Waals surface area contributed by atoms with Gasteiger partial charge in [0.05, 0.1) is 6.10 Å². The summed E-state index contributed by atoms with van der Waals surface area (Å²) in [5, 5.41) is 0. The SMILES string of the molecule is CC[Si](CC)(CC)O[C@@H]1C[C@H]2CC[C@]1(CI)[C@]2(C)CI. The summed E-state index contributed by atoms with van der Waals surface area (Å²) in [5.41, 5.74) is 0.992. The van der Waals surface area contributed by atoms with Crippen LogP contribution in [0.5, 0.6) is 0 Å². The molecule has 2 fully saturated rings. The number of halogens is 2. The van der Waals surface area contributed by atoms with Crippen molar-refractivity contribution in [1.82, 2.24) is 0 Å². The van der Waals surface area contributed by atoms with Crippen LogP contribution in [0, 0.1) is 16.7 Å². The molecule has 0 aliphatic heterocycles. The number of hydrogen-bond acceptors (Lipinski definition) is 1. The van der Waals surface area contributed by atoms with Gasteiger partial charge < -0.3 is 4.43 Å². The molecule has 2 saturated carbocycles. The fourth-order valence-electron chi connectivity index (χ4n) is 4.84. The van der Waals surface area contributed by atoms with E-state index in [1.54, 1.807) is 0 Å². The zero-order valence-electron chi connectivity index (χ0n) is 13.5. The summed E-state index contributed by atoms with van der Waals surface area (Å²) < 4.78 is 9.59. The molecule has 0 aromatic rings. The molecule has 0 spiro atoms. The maximum Gasteiger partial charge on any atom is 0.192 e. The van der Waals surface area contributed by atoms with Gasteiger partial charge in [-0.1, -0.05) is 72.9 Å². The van der Waals surface area contributed by atoms with E-state index in [1.807, 2.05) is 0 Å². The number of rotatable bonds is 7. The van der Waals surface area contributed by atoms with Gasteiger partial charge in [-0.05, 0) is 48.7 Å². The highest BCUT2D eigenvalue weighted by Gasteiger charge is 2.66. The second-order valence-corrected chi connectivity index (χ2v) is 13.4. The summed E-state index contributed by atoms with van der Waals surface area (Å²) in [7, 11) is -1.46. The van der Waals surface area contributed by atoms with E-state index in [9.17, 15) is 0 Å². The fourth-order valence-corrected chi connectivity index (χ4v) is 10.9. The predicted octanol–water partition coefficient (Wildman–Crippen LogP) is 6.05. The average molecular weight is 520 g/mol. The molecule has 4 heteroatoms. The first kappa shape index (κ1) is 18.0. The first-order valence-electron chi connectivity index (χ1n) is 8.27. The van der Waals surface area contributed by atoms with Crippen LogP contribution in [-0.2, 0) is 4.43 Å². The molecule has 20 heavy (non-hydrogen) atoms. The Morgan fingerprint density at radius 3 is 2.15 bits per heavy atom. The Labute approximate surface area is 153 Å². The van der Waals surface area contributed by atoms with E-state index in [-0.39, 0.29) is 0 Å². The van der Waals surface area contributed by atoms with Gasteiger partial charge in [0.1, 0.15) is 0 Å². The van der Waals surface area contributed by atoms with Crippen LogP contribution >= 0.6 is 45.2 Å². The zero-order valence-corrected chi connectivity index (χ0v) is 18.8. The first-order chi connectivity index (χ1) is 9.47. The van der Waals surface area contributed by atoms with Gasteiger partial charge in [0.2, 0.25) is 0 Å². The van der Waals surface area contributed by atoms with E-state index in [1.165, 1.54) is 46.2 Å². The van der Waals surface area contributed by atoms with Gasteiger partial charge in [0.15, 0.2) is 8.32 Å². The maximum atomic E-state index is 7.00. The molecule has 0 aromatic carbocycles. The second kappa shape index (κ2) is 6.63. The highest BCUT2D eigenvalue weighted by molar-refractivity contribution is 14.1. The van der Waals surface area contributed by atoms with Crippen LogP contribution in [0.15, 0.2) is 0 Å². The maximum absolute atomic E-state index is 7.00. The quantitative estimate of drug-likeness (QED) is 0.226. The molecule has 1 nitrogen and oxygen atoms in total. The third kappa shape index (κ3) is 2.46. The molecule has 118 valence electrons. The topological polar surface area (TPSA) is 9.23 Å². The molecule has 0 N–H and O–H groups in total. The Bertz CT molecular complexity index is 339. The highest BCUT2D eigenvalue weighted by atomic mass is 127. The Morgan fingerprint density at radius 2 is 1.70 bits per heavy atom. The van der Waals surface area contributed by atoms with Crippen LogP contribution < -0.4 is 0 Å². The van der Waals surface area contributed by atoms with E-state index < -0.39 is 8.32 Å². The normalized spacial score (nSPS) is 40.5. The van der Waals surface area contributed by atoms with Crippen molar-refractivity contribution in [3.8, 4) is 0 Å². The van der Waals surface area contributed by atoms with Gasteiger partial charge in [0.25, 0.3) is 0 Å². The second-order valence-electron chi connectivity index (χ2n) is 7.16. The molecule has 0 saturated heterocycles. The standard InChI is InChI=1S/C16H30I2OSi/c1-5-20(6-2,7-3)19-14-10-13-8-9-16(14,12-18)15(13,4)11-17/h13-14H,5-12H2,1-4H3/t13-,14-,15-,16-/m1/s1. The van der Waals surface area contributed by atoms with Crippen molar-refractivity contribution in [2.45, 2.75) is 71.2 Å². The van der Waals surface area contributed by atoms with Crippen molar-refractivity contribution in [2.75, 3.05) is 8.86 Å². The lowest BCUT2D eigenvalue weighted by atomic mass is 9.70. The van der Waals surface area contributed by atoms with Gasteiger partial charge in [-0.3, -0.25) is 0 Å². The van der Waals surface area contributed by atoms with Gasteiger partial charge in [0, 0.05) is 14.3 Å². The minimum Gasteiger partial charge on any atom is -0.413 e. The molecule has 2 aliphatic rings. The van der Waals surface area contributed by atoms with E-state index in [0.29, 0.717) is 16.9 Å². The van der Waals surface area contributed by atoms with Crippen LogP contribution in [0.25, 0.3) is 0 Å². The van der Waals surface area contributed by atoms with Crippen LogP contribution in [0.3, 0.4) is 0 Å². The molecular weight excluding hydrogens is 490 g/mol. The molecule has 4 atom stereocenters. The van der Waals surface area contributed by atoms with Crippen LogP contribution in [-0.4, -0.2) is 23.3 Å². The summed E-state index contributed by atoms with van der Waals surface area (Å²) in [5.74, 6) is 0.913. The predicted molar refractivity (Wildman–Crippen MR) is 108 cm³/mol. The zero-order chi connectivity index (χ0) is 15.0. The fraction of sp³-hybridized carbons (Fsp3) is 1.00. The highest BCUT2D eigenvalue weighted by Crippen LogP contribution is 2.68. The van der Waals surface area contributed by atoms with Crippen LogP contribution in [0.1, 0.15) is 47.0 Å². The Morgan fingerprint density at radius 1 is 1.10 bits per heavy atom. The smallest absolute Gasteiger partial charge is 0.192 e. The Balaban J connectivity index is 2.27. The average Bonchev–Trinajstić information content (AvgIpc) is 2.91. The molecule has 0 heterocycles. The molecule has 2 aliphatic carbocycles. The van der Waals surface area contributed by atoms with E-state index in [0.717, 1.165) is 5.92 Å². The molecule has 0 aromatic heterocycles. The minimum absolute atomic E-state index is 0.469. The largest absolute Gasteiger partial charge is 0.413 e. The molecule has 0 unspecified atom stereocenters. The van der Waals surface area contributed by atoms with E-state index >= 15 is 0 Å². The lowest BCUT2D eigenvalue weighted by molar-refractivity contribution is 0.0321. The van der Waals surface area contributed by atoms with Crippen molar-refractivity contribution in [2.24, 2.45) is 16.7 Å². The number of fused-ring (bicyclic) bond motifs is 2. The van der Waals surface area contributed by atoms with E-state index in [4.69, 9.17) is 4.43 Å². The molecule has 2 rings (SSSR count). The lowest BCUT2D eigenvalue weighted by Gasteiger charge is -2.45. The third-order valence-corrected chi connectivity index (χ3v) is 14.5. The summed E-state index contributed by atoms with van der Waals surface area (Å²) in [6, 6.07) is 3.87. The van der Waals surface area contributed by atoms with Gasteiger partial charge in [-0.25, -0.2) is 0 Å². The Hall–Kier alpha value is 1.64. The van der Waals surface area contributed by atoms with Crippen molar-refractivity contribution >= 4 is 53.5 Å². The van der Waals surface area contributed by atoms with Crippen molar-refractivity contribution in [3.63, 3.8) is 0 Å². The Kier molecular flexibility index (Phi) is 5.96. The van der Waals surface area contributed by atoms with Crippen molar-refractivity contribution in [3.05, 3.63) is 0 Å². The number of hydrogen-bond donors (Lipinski definition) is 0. The van der Waals surface area contributed by atoms with Crippen LogP contribution in [0.2, 0.25) is 18.1 Å². The van der Waals surface area contributed by atoms with Crippen molar-refractivity contribution in [1.29, 1.82) is 0 Å². The summed E-state index contributed by atoms with van der Waals surface area (Å²) in [6.45, 7) is 9.65. The summed E-state index contributed by atoms with van der Waals surface area (Å²) >= 11 is 5.29. The lowest BCUT2D eigenvalue weighted by Crippen LogP contribution is -2.49. The van der Waals surface area contributed by atoms with Crippen LogP contribution in [0.4, 0.5) is 0 Å². The molecular formula is C16H30I2OSi. The summed E-state index contributed by atoms with van der Waals surface area (Å²) in [6.07, 6.45) is 4.76. The first-order valence-corrected chi connectivity index (χ1v) is 13.8. The van der Waals surface area contributed by atoms with Gasteiger partial charge in [-0.2, -0.15) is 0 Å². The minimum atomic E-state index is -1.46. The summed E-state index contributed by atoms with van der Waals surface area (Å²) in [4.78, 5) is 0. The van der Waals surface area contributed by atoms with Crippen molar-refractivity contribution < 1.29 is 4.43 Å². The van der Waals surface area contributed by atoms with E-state index in [2.05, 4.69) is 72.9 Å². The monoisotopic (exact) mass is 520 g/mol.